The molecule has 5 rings (SSSR count). The summed E-state index contributed by atoms with van der Waals surface area (Å²) in [6.45, 7) is 8.84. The molecule has 11 nitrogen and oxygen atoms in total. The third kappa shape index (κ3) is 5.53. The molecule has 0 aliphatic carbocycles. The molecule has 2 aromatic carbocycles. The summed E-state index contributed by atoms with van der Waals surface area (Å²) in [6, 6.07) is 10.5. The van der Waals surface area contributed by atoms with Crippen molar-refractivity contribution >= 4 is 34.1 Å². The van der Waals surface area contributed by atoms with Crippen LogP contribution in [0, 0.1) is 10.1 Å². The summed E-state index contributed by atoms with van der Waals surface area (Å²) in [5.41, 5.74) is 4.57. The van der Waals surface area contributed by atoms with Gasteiger partial charge < -0.3 is 28.9 Å². The van der Waals surface area contributed by atoms with Crippen molar-refractivity contribution < 1.29 is 19.1 Å². The summed E-state index contributed by atoms with van der Waals surface area (Å²) >= 11 is 0. The monoisotopic (exact) mass is 482 g/mol. The van der Waals surface area contributed by atoms with Gasteiger partial charge in [0.25, 0.3) is 5.69 Å². The maximum absolute atomic E-state index is 11.0. The van der Waals surface area contributed by atoms with E-state index in [4.69, 9.17) is 19.3 Å². The van der Waals surface area contributed by atoms with Crippen LogP contribution in [-0.2, 0) is 14.2 Å². The minimum Gasteiger partial charge on any atom is -0.378 e. The summed E-state index contributed by atoms with van der Waals surface area (Å²) in [5, 5.41) is 20.2. The lowest BCUT2D eigenvalue weighted by Crippen LogP contribution is -2.39. The summed E-state index contributed by atoms with van der Waals surface area (Å²) in [4.78, 5) is 17.6. The van der Waals surface area contributed by atoms with E-state index in [-0.39, 0.29) is 5.69 Å². The van der Waals surface area contributed by atoms with Gasteiger partial charge in [-0.1, -0.05) is 0 Å². The Hall–Kier alpha value is -3.28. The average Bonchev–Trinajstić information content (AvgIpc) is 2.93. The maximum atomic E-state index is 11.0. The molecule has 0 N–H and O–H groups in total. The van der Waals surface area contributed by atoms with Crippen LogP contribution in [0.1, 0.15) is 0 Å². The normalized spacial score (nSPS) is 19.4. The Morgan fingerprint density at radius 1 is 0.686 bits per heavy atom. The second-order valence-electron chi connectivity index (χ2n) is 8.60. The van der Waals surface area contributed by atoms with E-state index in [1.54, 1.807) is 12.1 Å². The highest BCUT2D eigenvalue weighted by atomic mass is 16.6. The fourth-order valence-electron chi connectivity index (χ4n) is 4.54. The van der Waals surface area contributed by atoms with Crippen molar-refractivity contribution in [1.29, 1.82) is 0 Å². The Labute approximate surface area is 204 Å². The zero-order valence-electron chi connectivity index (χ0n) is 19.7. The van der Waals surface area contributed by atoms with Gasteiger partial charge in [0.2, 0.25) is 0 Å². The predicted octanol–water partition coefficient (Wildman–Crippen LogP) is 3.52. The first-order chi connectivity index (χ1) is 17.2. The number of nitro benzene ring substituents is 1. The third-order valence-electron chi connectivity index (χ3n) is 6.46. The van der Waals surface area contributed by atoms with Crippen LogP contribution in [0.5, 0.6) is 0 Å². The molecule has 35 heavy (non-hydrogen) atoms. The van der Waals surface area contributed by atoms with E-state index in [1.165, 1.54) is 12.1 Å². The highest BCUT2D eigenvalue weighted by Gasteiger charge is 2.25. The second kappa shape index (κ2) is 11.0. The smallest absolute Gasteiger partial charge is 0.269 e. The highest BCUT2D eigenvalue weighted by Crippen LogP contribution is 2.44. The number of hydrogen-bond donors (Lipinski definition) is 0. The predicted molar refractivity (Wildman–Crippen MR) is 133 cm³/mol. The number of rotatable bonds is 6. The first-order valence-corrected chi connectivity index (χ1v) is 12.0. The van der Waals surface area contributed by atoms with Gasteiger partial charge in [-0.3, -0.25) is 10.1 Å². The summed E-state index contributed by atoms with van der Waals surface area (Å²) in [6.07, 6.45) is 0. The zero-order chi connectivity index (χ0) is 24.0. The van der Waals surface area contributed by atoms with Crippen LogP contribution >= 0.6 is 0 Å². The van der Waals surface area contributed by atoms with Crippen molar-refractivity contribution in [2.75, 3.05) is 93.6 Å². The van der Waals surface area contributed by atoms with Crippen LogP contribution in [0.25, 0.3) is 0 Å². The number of non-ortho nitro benzene ring substituents is 1. The third-order valence-corrected chi connectivity index (χ3v) is 6.46. The fraction of sp³-hybridized carbons (Fsp3) is 0.500. The lowest BCUT2D eigenvalue weighted by atomic mass is 10.1. The minimum atomic E-state index is -0.418. The van der Waals surface area contributed by atoms with Gasteiger partial charge in [-0.15, -0.1) is 5.11 Å². The van der Waals surface area contributed by atoms with E-state index in [0.29, 0.717) is 45.3 Å². The zero-order valence-corrected chi connectivity index (χ0v) is 19.7. The SMILES string of the molecule is O=[N+]([O-])c1ccc(N=Nc2c(N3CCOCC3)cc(N3CCOCC3)cc2N2CCOCC2)cc1. The molecular formula is C24H30N6O5. The number of nitro groups is 1. The highest BCUT2D eigenvalue weighted by molar-refractivity contribution is 5.86. The summed E-state index contributed by atoms with van der Waals surface area (Å²) < 4.78 is 16.8. The number of hydrogen-bond acceptors (Lipinski definition) is 10. The topological polar surface area (TPSA) is 105 Å². The summed E-state index contributed by atoms with van der Waals surface area (Å²) in [5.74, 6) is 0. The van der Waals surface area contributed by atoms with Gasteiger partial charge in [0.15, 0.2) is 0 Å². The van der Waals surface area contributed by atoms with Gasteiger partial charge in [-0.2, -0.15) is 5.11 Å². The van der Waals surface area contributed by atoms with Crippen LogP contribution in [-0.4, -0.2) is 83.8 Å². The van der Waals surface area contributed by atoms with Crippen LogP contribution in [0.3, 0.4) is 0 Å². The van der Waals surface area contributed by atoms with Gasteiger partial charge in [0.05, 0.1) is 61.6 Å². The van der Waals surface area contributed by atoms with Crippen molar-refractivity contribution in [3.63, 3.8) is 0 Å². The molecule has 0 spiro atoms. The van der Waals surface area contributed by atoms with Gasteiger partial charge >= 0.3 is 0 Å². The van der Waals surface area contributed by atoms with E-state index in [9.17, 15) is 10.1 Å². The first kappa shape index (κ1) is 23.5. The molecule has 0 unspecified atom stereocenters. The van der Waals surface area contributed by atoms with Crippen molar-refractivity contribution in [3.8, 4) is 0 Å². The Morgan fingerprint density at radius 2 is 1.14 bits per heavy atom. The van der Waals surface area contributed by atoms with Crippen molar-refractivity contribution in [2.24, 2.45) is 10.2 Å². The van der Waals surface area contributed by atoms with Gasteiger partial charge in [-0.05, 0) is 24.3 Å². The lowest BCUT2D eigenvalue weighted by molar-refractivity contribution is -0.384. The van der Waals surface area contributed by atoms with E-state index < -0.39 is 4.92 Å². The standard InChI is InChI=1S/C24H30N6O5/c31-30(32)20-3-1-19(2-4-20)25-26-24-22(28-7-13-34-14-8-28)17-21(27-5-11-33-12-6-27)18-23(24)29-9-15-35-16-10-29/h1-4,17-18H,5-16H2. The van der Waals surface area contributed by atoms with Crippen LogP contribution < -0.4 is 14.7 Å². The van der Waals surface area contributed by atoms with Crippen molar-refractivity contribution in [1.82, 2.24) is 0 Å². The lowest BCUT2D eigenvalue weighted by Gasteiger charge is -2.36. The number of anilines is 3. The molecule has 0 radical (unpaired) electrons. The van der Waals surface area contributed by atoms with Gasteiger partial charge in [0, 0.05) is 57.1 Å². The number of ether oxygens (including phenoxy) is 3. The molecular weight excluding hydrogens is 452 g/mol. The largest absolute Gasteiger partial charge is 0.378 e. The molecule has 0 aromatic heterocycles. The van der Waals surface area contributed by atoms with Crippen LogP contribution in [0.15, 0.2) is 46.6 Å². The number of azo groups is 1. The van der Waals surface area contributed by atoms with Crippen LogP contribution in [0.2, 0.25) is 0 Å². The Kier molecular flexibility index (Phi) is 7.36. The first-order valence-electron chi connectivity index (χ1n) is 12.0. The molecule has 0 saturated carbocycles. The molecule has 3 heterocycles. The van der Waals surface area contributed by atoms with E-state index >= 15 is 0 Å². The maximum Gasteiger partial charge on any atom is 0.269 e. The van der Waals surface area contributed by atoms with Crippen molar-refractivity contribution in [2.45, 2.75) is 0 Å². The molecule has 0 atom stereocenters. The fourth-order valence-corrected chi connectivity index (χ4v) is 4.54. The van der Waals surface area contributed by atoms with Crippen molar-refractivity contribution in [3.05, 3.63) is 46.5 Å². The molecule has 186 valence electrons. The Bertz CT molecular complexity index is 1010. The number of benzene rings is 2. The Morgan fingerprint density at radius 3 is 1.60 bits per heavy atom. The molecule has 11 heteroatoms. The molecule has 3 aliphatic rings. The van der Waals surface area contributed by atoms with Gasteiger partial charge in [-0.25, -0.2) is 0 Å². The molecule has 0 bridgehead atoms. The molecule has 0 amide bonds. The van der Waals surface area contributed by atoms with E-state index in [0.717, 1.165) is 62.0 Å². The molecule has 3 saturated heterocycles. The van der Waals surface area contributed by atoms with E-state index in [2.05, 4.69) is 31.9 Å². The molecule has 3 fully saturated rings. The van der Waals surface area contributed by atoms with Crippen LogP contribution in [0.4, 0.5) is 34.1 Å². The average molecular weight is 483 g/mol. The molecule has 3 aliphatic heterocycles. The molecule has 2 aromatic rings. The van der Waals surface area contributed by atoms with Gasteiger partial charge in [0.1, 0.15) is 5.69 Å². The number of morpholine rings is 3. The summed E-state index contributed by atoms with van der Waals surface area (Å²) in [7, 11) is 0. The Balaban J connectivity index is 1.57. The second-order valence-corrected chi connectivity index (χ2v) is 8.60. The quantitative estimate of drug-likeness (QED) is 0.350. The number of nitrogens with zero attached hydrogens (tertiary/aromatic N) is 6. The van der Waals surface area contributed by atoms with E-state index in [1.807, 2.05) is 0 Å². The minimum absolute atomic E-state index is 0.0295.